The third-order valence-corrected chi connectivity index (χ3v) is 4.41. The summed E-state index contributed by atoms with van der Waals surface area (Å²) in [7, 11) is 0. The van der Waals surface area contributed by atoms with E-state index in [-0.39, 0.29) is 41.2 Å². The van der Waals surface area contributed by atoms with Crippen LogP contribution < -0.4 is 5.32 Å². The molecule has 0 spiro atoms. The van der Waals surface area contributed by atoms with Crippen molar-refractivity contribution in [3.8, 4) is 5.75 Å². The molecule has 0 saturated carbocycles. The largest absolute Gasteiger partial charge is 0.508 e. The molecule has 0 aliphatic rings. The molecule has 0 heterocycles. The lowest BCUT2D eigenvalue weighted by Gasteiger charge is -2.11. The molecule has 1 aromatic rings. The number of phenols is 1. The lowest BCUT2D eigenvalue weighted by atomic mass is 9.95. The summed E-state index contributed by atoms with van der Waals surface area (Å²) in [6.07, 6.45) is 5.39. The fourth-order valence-corrected chi connectivity index (χ4v) is 2.96. The van der Waals surface area contributed by atoms with Crippen LogP contribution in [0.4, 0.5) is 5.69 Å². The molecule has 0 aliphatic carbocycles. The number of esters is 1. The first kappa shape index (κ1) is 23.8. The van der Waals surface area contributed by atoms with Crippen molar-refractivity contribution in [3.05, 3.63) is 28.2 Å². The molecule has 156 valence electrons. The smallest absolute Gasteiger partial charge is 0.310 e. The molecule has 0 aliphatic heterocycles. The van der Waals surface area contributed by atoms with Gasteiger partial charge in [0.1, 0.15) is 11.4 Å². The number of unbranched alkanes of at least 4 members (excludes halogenated alkanes) is 4. The summed E-state index contributed by atoms with van der Waals surface area (Å²) in [4.78, 5) is 35.9. The van der Waals surface area contributed by atoms with E-state index in [0.717, 1.165) is 51.3 Å². The van der Waals surface area contributed by atoms with Gasteiger partial charge in [-0.25, -0.2) is 0 Å². The molecule has 1 aromatic carbocycles. The lowest BCUT2D eigenvalue weighted by Crippen LogP contribution is -2.14. The Morgan fingerprint density at radius 3 is 2.57 bits per heavy atom. The van der Waals surface area contributed by atoms with Crippen molar-refractivity contribution in [2.75, 3.05) is 19.7 Å². The number of rotatable bonds is 15. The zero-order chi connectivity index (χ0) is 20.8. The number of ketones is 1. The number of nitroso groups, excluding NO2 is 1. The van der Waals surface area contributed by atoms with E-state index < -0.39 is 5.97 Å². The van der Waals surface area contributed by atoms with Gasteiger partial charge in [0.15, 0.2) is 5.78 Å². The highest BCUT2D eigenvalue weighted by Crippen LogP contribution is 2.30. The second-order valence-corrected chi connectivity index (χ2v) is 6.78. The van der Waals surface area contributed by atoms with Gasteiger partial charge < -0.3 is 15.2 Å². The van der Waals surface area contributed by atoms with E-state index >= 15 is 0 Å². The van der Waals surface area contributed by atoms with Crippen molar-refractivity contribution in [1.82, 2.24) is 5.32 Å². The maximum atomic E-state index is 12.7. The summed E-state index contributed by atoms with van der Waals surface area (Å²) in [5.41, 5.74) is 0.268. The number of Topliss-reactive ketones (excluding diaryl/α,β-unsaturated/α-hetero) is 1. The molecule has 2 N–H and O–H groups in total. The minimum atomic E-state index is -0.488. The maximum Gasteiger partial charge on any atom is 0.310 e. The Kier molecular flexibility index (Phi) is 11.7. The first-order valence-corrected chi connectivity index (χ1v) is 10.1. The summed E-state index contributed by atoms with van der Waals surface area (Å²) in [5.74, 6) is -0.935. The van der Waals surface area contributed by atoms with E-state index in [1.165, 1.54) is 6.07 Å². The summed E-state index contributed by atoms with van der Waals surface area (Å²) in [6, 6.07) is 2.49. The van der Waals surface area contributed by atoms with E-state index in [2.05, 4.69) is 17.4 Å². The Balaban J connectivity index is 2.78. The standard InChI is InChI=1S/C21H32N2O5/c1-3-5-9-12-28-20(26)14-16-13-17(24)15-18(23-27)21(16)19(25)10-7-6-8-11-22-4-2/h13,15,22,24H,3-12,14H2,1-2H3. The van der Waals surface area contributed by atoms with Gasteiger partial charge in [0.05, 0.1) is 18.6 Å². The van der Waals surface area contributed by atoms with E-state index in [9.17, 15) is 19.6 Å². The topological polar surface area (TPSA) is 105 Å². The quantitative estimate of drug-likeness (QED) is 0.198. The Morgan fingerprint density at radius 2 is 1.89 bits per heavy atom. The molecule has 0 radical (unpaired) electrons. The number of carbonyl (C=O) groups is 2. The normalized spacial score (nSPS) is 10.6. The van der Waals surface area contributed by atoms with Crippen molar-refractivity contribution in [2.45, 2.75) is 65.2 Å². The predicted molar refractivity (Wildman–Crippen MR) is 109 cm³/mol. The number of aromatic hydroxyl groups is 1. The Bertz CT molecular complexity index is 646. The van der Waals surface area contributed by atoms with Crippen molar-refractivity contribution < 1.29 is 19.4 Å². The molecule has 0 fully saturated rings. The monoisotopic (exact) mass is 392 g/mol. The molecular formula is C21H32N2O5. The van der Waals surface area contributed by atoms with Crippen LogP contribution in [0.1, 0.15) is 74.7 Å². The molecular weight excluding hydrogens is 360 g/mol. The maximum absolute atomic E-state index is 12.7. The molecule has 7 nitrogen and oxygen atoms in total. The average Bonchev–Trinajstić information content (AvgIpc) is 2.67. The number of phenolic OH excluding ortho intramolecular Hbond substituents is 1. The SMILES string of the molecule is CCCCCOC(=O)Cc1cc(O)cc(N=O)c1C(=O)CCCCCNCC. The zero-order valence-corrected chi connectivity index (χ0v) is 17.0. The van der Waals surface area contributed by atoms with Crippen LogP contribution in [0.15, 0.2) is 17.3 Å². The Morgan fingerprint density at radius 1 is 1.11 bits per heavy atom. The van der Waals surface area contributed by atoms with Crippen LogP contribution in [0.25, 0.3) is 0 Å². The third kappa shape index (κ3) is 8.61. The highest BCUT2D eigenvalue weighted by atomic mass is 16.5. The zero-order valence-electron chi connectivity index (χ0n) is 17.0. The number of benzene rings is 1. The number of carbonyl (C=O) groups excluding carboxylic acids is 2. The van der Waals surface area contributed by atoms with Gasteiger partial charge in [-0.05, 0) is 49.2 Å². The van der Waals surface area contributed by atoms with Crippen LogP contribution in [0, 0.1) is 4.91 Å². The van der Waals surface area contributed by atoms with Crippen molar-refractivity contribution in [2.24, 2.45) is 5.18 Å². The van der Waals surface area contributed by atoms with Crippen LogP contribution in [0.5, 0.6) is 5.75 Å². The summed E-state index contributed by atoms with van der Waals surface area (Å²) >= 11 is 0. The third-order valence-electron chi connectivity index (χ3n) is 4.41. The van der Waals surface area contributed by atoms with Gasteiger partial charge in [0, 0.05) is 12.5 Å². The highest BCUT2D eigenvalue weighted by Gasteiger charge is 2.21. The predicted octanol–water partition coefficient (Wildman–Crippen LogP) is 4.42. The number of hydrogen-bond acceptors (Lipinski definition) is 7. The number of nitrogens with zero attached hydrogens (tertiary/aromatic N) is 1. The van der Waals surface area contributed by atoms with E-state index in [1.807, 2.05) is 6.92 Å². The van der Waals surface area contributed by atoms with Gasteiger partial charge in [-0.15, -0.1) is 4.91 Å². The van der Waals surface area contributed by atoms with Gasteiger partial charge >= 0.3 is 5.97 Å². The molecule has 0 aromatic heterocycles. The van der Waals surface area contributed by atoms with Crippen LogP contribution in [-0.4, -0.2) is 36.6 Å². The average molecular weight is 392 g/mol. The second-order valence-electron chi connectivity index (χ2n) is 6.78. The minimum absolute atomic E-state index is 0.116. The van der Waals surface area contributed by atoms with E-state index in [1.54, 1.807) is 0 Å². The van der Waals surface area contributed by atoms with Crippen LogP contribution in [0.3, 0.4) is 0 Å². The molecule has 7 heteroatoms. The van der Waals surface area contributed by atoms with Gasteiger partial charge in [-0.3, -0.25) is 9.59 Å². The molecule has 0 amide bonds. The lowest BCUT2D eigenvalue weighted by molar-refractivity contribution is -0.142. The van der Waals surface area contributed by atoms with Crippen molar-refractivity contribution >= 4 is 17.4 Å². The number of ether oxygens (including phenoxy) is 1. The van der Waals surface area contributed by atoms with Crippen molar-refractivity contribution in [1.29, 1.82) is 0 Å². The Hall–Kier alpha value is -2.28. The number of nitrogens with one attached hydrogen (secondary N) is 1. The summed E-state index contributed by atoms with van der Waals surface area (Å²) < 4.78 is 5.18. The number of hydrogen-bond donors (Lipinski definition) is 2. The van der Waals surface area contributed by atoms with Crippen LogP contribution in [0.2, 0.25) is 0 Å². The van der Waals surface area contributed by atoms with Gasteiger partial charge in [0.2, 0.25) is 0 Å². The first-order valence-electron chi connectivity index (χ1n) is 10.1. The fourth-order valence-electron chi connectivity index (χ4n) is 2.96. The molecule has 0 unspecified atom stereocenters. The van der Waals surface area contributed by atoms with Gasteiger partial charge in [0.25, 0.3) is 0 Å². The summed E-state index contributed by atoms with van der Waals surface area (Å²) in [6.45, 7) is 6.23. The minimum Gasteiger partial charge on any atom is -0.508 e. The first-order chi connectivity index (χ1) is 13.5. The molecule has 0 bridgehead atoms. The van der Waals surface area contributed by atoms with Crippen LogP contribution >= 0.6 is 0 Å². The fraction of sp³-hybridized carbons (Fsp3) is 0.619. The molecule has 0 atom stereocenters. The molecule has 0 saturated heterocycles. The molecule has 28 heavy (non-hydrogen) atoms. The van der Waals surface area contributed by atoms with Gasteiger partial charge in [-0.2, -0.15) is 0 Å². The van der Waals surface area contributed by atoms with Crippen LogP contribution in [-0.2, 0) is 16.0 Å². The highest BCUT2D eigenvalue weighted by molar-refractivity contribution is 6.03. The van der Waals surface area contributed by atoms with E-state index in [4.69, 9.17) is 4.74 Å². The second kappa shape index (κ2) is 13.8. The van der Waals surface area contributed by atoms with Crippen molar-refractivity contribution in [3.63, 3.8) is 0 Å². The Labute approximate surface area is 166 Å². The van der Waals surface area contributed by atoms with E-state index in [0.29, 0.717) is 13.0 Å². The molecule has 1 rings (SSSR count). The summed E-state index contributed by atoms with van der Waals surface area (Å²) in [5, 5.41) is 15.9. The van der Waals surface area contributed by atoms with Gasteiger partial charge in [-0.1, -0.05) is 33.1 Å².